The molecule has 0 radical (unpaired) electrons. The summed E-state index contributed by atoms with van der Waals surface area (Å²) in [5, 5.41) is 0.974. The Morgan fingerprint density at radius 3 is 2.97 bits per heavy atom. The van der Waals surface area contributed by atoms with Crippen LogP contribution in [0.4, 0.5) is 10.6 Å². The number of hydrogen-bond donors (Lipinski definition) is 0. The molecule has 0 saturated carbocycles. The van der Waals surface area contributed by atoms with Crippen LogP contribution in [0, 0.1) is 0 Å². The summed E-state index contributed by atoms with van der Waals surface area (Å²) >= 11 is 1.61. The van der Waals surface area contributed by atoms with Crippen LogP contribution < -0.4 is 0 Å². The van der Waals surface area contributed by atoms with Crippen molar-refractivity contribution < 1.29 is 14.3 Å². The van der Waals surface area contributed by atoms with Crippen molar-refractivity contribution in [2.24, 2.45) is 4.99 Å². The van der Waals surface area contributed by atoms with E-state index >= 15 is 0 Å². The van der Waals surface area contributed by atoms with E-state index in [1.54, 1.807) is 36.9 Å². The van der Waals surface area contributed by atoms with Crippen molar-refractivity contribution in [2.75, 3.05) is 40.0 Å². The highest BCUT2D eigenvalue weighted by Gasteiger charge is 2.29. The van der Waals surface area contributed by atoms with Crippen LogP contribution in [-0.2, 0) is 22.4 Å². The first-order valence-corrected chi connectivity index (χ1v) is 10.7. The summed E-state index contributed by atoms with van der Waals surface area (Å²) in [5.74, 6) is 1.30. The summed E-state index contributed by atoms with van der Waals surface area (Å²) in [4.78, 5) is 32.4. The highest BCUT2D eigenvalue weighted by molar-refractivity contribution is 7.19. The molecule has 0 spiro atoms. The van der Waals surface area contributed by atoms with Crippen LogP contribution in [0.25, 0.3) is 10.2 Å². The molecule has 0 bridgehead atoms. The van der Waals surface area contributed by atoms with E-state index in [9.17, 15) is 4.79 Å². The van der Waals surface area contributed by atoms with Crippen molar-refractivity contribution in [1.29, 1.82) is 0 Å². The van der Waals surface area contributed by atoms with Gasteiger partial charge in [0.15, 0.2) is 5.82 Å². The predicted octanol–water partition coefficient (Wildman–Crippen LogP) is 2.83. The highest BCUT2D eigenvalue weighted by Crippen LogP contribution is 2.38. The number of thiophene rings is 1. The molecule has 0 N–H and O–H groups in total. The fraction of sp³-hybridized carbons (Fsp3) is 0.381. The summed E-state index contributed by atoms with van der Waals surface area (Å²) in [6, 6.07) is 0.0851. The zero-order chi connectivity index (χ0) is 20.5. The normalized spacial score (nSPS) is 19.9. The molecule has 1 aliphatic carbocycles. The van der Waals surface area contributed by atoms with Crippen molar-refractivity contribution in [3.63, 3.8) is 0 Å². The van der Waals surface area contributed by atoms with E-state index in [4.69, 9.17) is 14.5 Å². The van der Waals surface area contributed by atoms with Gasteiger partial charge in [-0.25, -0.2) is 19.8 Å². The van der Waals surface area contributed by atoms with Gasteiger partial charge in [0.1, 0.15) is 22.6 Å². The first-order valence-electron chi connectivity index (χ1n) is 9.87. The molecule has 2 amide bonds. The molecule has 4 heterocycles. The van der Waals surface area contributed by atoms with Crippen LogP contribution in [0.1, 0.15) is 10.4 Å². The number of carbonyl (C=O) groups excluding carboxylic acids is 1. The number of amides is 2. The number of methoxy groups -OCH3 is 1. The molecule has 154 valence electrons. The Morgan fingerprint density at radius 2 is 2.13 bits per heavy atom. The predicted molar refractivity (Wildman–Crippen MR) is 114 cm³/mol. The number of ether oxygens (including phenoxy) is 2. The fourth-order valence-electron chi connectivity index (χ4n) is 3.90. The van der Waals surface area contributed by atoms with E-state index in [-0.39, 0.29) is 6.03 Å². The summed E-state index contributed by atoms with van der Waals surface area (Å²) in [6.07, 6.45) is 7.71. The second kappa shape index (κ2) is 8.02. The Labute approximate surface area is 177 Å². The van der Waals surface area contributed by atoms with Crippen molar-refractivity contribution >= 4 is 39.1 Å². The molecule has 0 atom stereocenters. The second-order valence-corrected chi connectivity index (χ2v) is 8.23. The number of urea groups is 1. The molecule has 8 nitrogen and oxygen atoms in total. The smallest absolute Gasteiger partial charge is 0.320 e. The van der Waals surface area contributed by atoms with Crippen LogP contribution >= 0.6 is 11.3 Å². The van der Waals surface area contributed by atoms with Crippen LogP contribution in [0.15, 0.2) is 41.0 Å². The van der Waals surface area contributed by atoms with Gasteiger partial charge in [0.25, 0.3) is 0 Å². The number of rotatable bonds is 2. The van der Waals surface area contributed by atoms with Gasteiger partial charge < -0.3 is 19.3 Å². The third kappa shape index (κ3) is 3.41. The molecule has 30 heavy (non-hydrogen) atoms. The zero-order valence-corrected chi connectivity index (χ0v) is 17.4. The molecule has 0 unspecified atom stereocenters. The van der Waals surface area contributed by atoms with E-state index < -0.39 is 0 Å². The molecule has 0 aromatic carbocycles. The standard InChI is InChI=1S/C21H21N5O3S/c1-28-16-5-3-2-4-15(16)24-19-18-14-6-7-26(21(27)25-8-10-29-11-9-25)12-17(14)30-20(18)23-13-22-19/h3-5,13H,6-12H2,1H3. The number of carbonyl (C=O) groups is 1. The van der Waals surface area contributed by atoms with Gasteiger partial charge in [-0.05, 0) is 24.1 Å². The third-order valence-corrected chi connectivity index (χ3v) is 6.54. The Bertz CT molecular complexity index is 1120. The first-order chi connectivity index (χ1) is 14.7. The van der Waals surface area contributed by atoms with Gasteiger partial charge in [0.2, 0.25) is 0 Å². The first kappa shape index (κ1) is 19.0. The van der Waals surface area contributed by atoms with Crippen molar-refractivity contribution in [3.8, 4) is 0 Å². The lowest BCUT2D eigenvalue weighted by atomic mass is 10.1. The van der Waals surface area contributed by atoms with Crippen molar-refractivity contribution in [1.82, 2.24) is 19.8 Å². The van der Waals surface area contributed by atoms with Crippen LogP contribution in [-0.4, -0.2) is 71.5 Å². The summed E-state index contributed by atoms with van der Waals surface area (Å²) in [5.41, 5.74) is 4.91. The molecule has 5 rings (SSSR count). The fourth-order valence-corrected chi connectivity index (χ4v) is 5.09. The van der Waals surface area contributed by atoms with Gasteiger partial charge >= 0.3 is 6.03 Å². The largest absolute Gasteiger partial charge is 0.494 e. The highest BCUT2D eigenvalue weighted by atomic mass is 32.1. The number of aliphatic imine (C=N–C) groups is 1. The van der Waals surface area contributed by atoms with Gasteiger partial charge in [0, 0.05) is 30.6 Å². The van der Waals surface area contributed by atoms with E-state index in [1.807, 2.05) is 15.9 Å². The lowest BCUT2D eigenvalue weighted by molar-refractivity contribution is 0.0423. The monoisotopic (exact) mass is 423 g/mol. The molecule has 3 aliphatic rings. The Morgan fingerprint density at radius 1 is 1.27 bits per heavy atom. The number of nitrogens with zero attached hydrogens (tertiary/aromatic N) is 5. The number of fused-ring (bicyclic) bond motifs is 3. The molecule has 2 aliphatic heterocycles. The SMILES string of the molecule is COC1=CC=C=CC1=Nc1ncnc2sc3c(c12)CCN(C(=O)N1CCOCC1)C3. The maximum atomic E-state index is 12.9. The zero-order valence-electron chi connectivity index (χ0n) is 16.6. The molecule has 2 aromatic heterocycles. The number of hydrogen-bond acceptors (Lipinski definition) is 7. The maximum absolute atomic E-state index is 12.9. The molecular formula is C21H21N5O3S. The van der Waals surface area contributed by atoms with Gasteiger partial charge in [-0.1, -0.05) is 0 Å². The van der Waals surface area contributed by atoms with Gasteiger partial charge in [-0.3, -0.25) is 0 Å². The maximum Gasteiger partial charge on any atom is 0.320 e. The van der Waals surface area contributed by atoms with Crippen molar-refractivity contribution in [3.05, 3.63) is 46.5 Å². The molecule has 1 fully saturated rings. The molecule has 2 aromatic rings. The number of allylic oxidation sites excluding steroid dienone is 2. The van der Waals surface area contributed by atoms with Gasteiger partial charge in [0.05, 0.1) is 32.3 Å². The van der Waals surface area contributed by atoms with Gasteiger partial charge in [-0.15, -0.1) is 17.1 Å². The minimum Gasteiger partial charge on any atom is -0.494 e. The van der Waals surface area contributed by atoms with Crippen LogP contribution in [0.3, 0.4) is 0 Å². The Kier molecular flexibility index (Phi) is 5.08. The van der Waals surface area contributed by atoms with E-state index in [0.29, 0.717) is 56.7 Å². The van der Waals surface area contributed by atoms with Crippen molar-refractivity contribution in [2.45, 2.75) is 13.0 Å². The molecule has 9 heteroatoms. The number of aromatic nitrogens is 2. The summed E-state index contributed by atoms with van der Waals surface area (Å²) in [6.45, 7) is 3.78. The topological polar surface area (TPSA) is 80.2 Å². The Balaban J connectivity index is 1.47. The lowest BCUT2D eigenvalue weighted by Gasteiger charge is -2.34. The Hall–Kier alpha value is -3.00. The van der Waals surface area contributed by atoms with E-state index in [1.165, 1.54) is 5.56 Å². The van der Waals surface area contributed by atoms with E-state index in [2.05, 4.69) is 15.7 Å². The second-order valence-electron chi connectivity index (χ2n) is 7.14. The summed E-state index contributed by atoms with van der Waals surface area (Å²) < 4.78 is 10.8. The average molecular weight is 423 g/mol. The average Bonchev–Trinajstić information content (AvgIpc) is 3.18. The quantitative estimate of drug-likeness (QED) is 0.694. The third-order valence-electron chi connectivity index (χ3n) is 5.42. The number of morpholine rings is 1. The summed E-state index contributed by atoms with van der Waals surface area (Å²) in [7, 11) is 1.62. The molecule has 1 saturated heterocycles. The minimum absolute atomic E-state index is 0.0851. The van der Waals surface area contributed by atoms with E-state index in [0.717, 1.165) is 21.5 Å². The van der Waals surface area contributed by atoms with Crippen LogP contribution in [0.5, 0.6) is 0 Å². The molecular weight excluding hydrogens is 402 g/mol. The lowest BCUT2D eigenvalue weighted by Crippen LogP contribution is -2.49. The minimum atomic E-state index is 0.0851. The van der Waals surface area contributed by atoms with Crippen LogP contribution in [0.2, 0.25) is 0 Å². The van der Waals surface area contributed by atoms with Gasteiger partial charge in [-0.2, -0.15) is 0 Å².